The molecular weight excluding hydrogens is 256 g/mol. The van der Waals surface area contributed by atoms with E-state index in [-0.39, 0.29) is 5.92 Å². The summed E-state index contributed by atoms with van der Waals surface area (Å²) in [6.07, 6.45) is 2.34. The molecule has 0 atom stereocenters. The van der Waals surface area contributed by atoms with Gasteiger partial charge in [0.05, 0.1) is 19.6 Å². The van der Waals surface area contributed by atoms with Crippen LogP contribution in [0.15, 0.2) is 12.1 Å². The van der Waals surface area contributed by atoms with Gasteiger partial charge in [0.1, 0.15) is 0 Å². The third kappa shape index (κ3) is 2.13. The van der Waals surface area contributed by atoms with Crippen molar-refractivity contribution in [2.75, 3.05) is 14.2 Å². The molecular formula is C16H22O4. The molecule has 20 heavy (non-hydrogen) atoms. The Morgan fingerprint density at radius 3 is 2.10 bits per heavy atom. The first-order chi connectivity index (χ1) is 9.46. The van der Waals surface area contributed by atoms with E-state index in [0.717, 1.165) is 17.5 Å². The number of ether oxygens (including phenoxy) is 2. The van der Waals surface area contributed by atoms with Crippen molar-refractivity contribution < 1.29 is 19.4 Å². The van der Waals surface area contributed by atoms with Gasteiger partial charge in [0, 0.05) is 0 Å². The Balaban J connectivity index is 2.64. The van der Waals surface area contributed by atoms with E-state index in [1.807, 2.05) is 12.1 Å². The zero-order valence-corrected chi connectivity index (χ0v) is 12.5. The zero-order chi connectivity index (χ0) is 14.9. The largest absolute Gasteiger partial charge is 0.493 e. The van der Waals surface area contributed by atoms with Crippen molar-refractivity contribution in [1.82, 2.24) is 0 Å². The summed E-state index contributed by atoms with van der Waals surface area (Å²) in [6.45, 7) is 4.14. The number of carbonyl (C=O) groups is 1. The molecule has 4 heteroatoms. The van der Waals surface area contributed by atoms with Crippen LogP contribution in [0.3, 0.4) is 0 Å². The highest BCUT2D eigenvalue weighted by Gasteiger charge is 2.47. The lowest BCUT2D eigenvalue weighted by atomic mass is 9.62. The Morgan fingerprint density at radius 1 is 1.20 bits per heavy atom. The molecule has 1 N–H and O–H groups in total. The molecule has 0 radical (unpaired) electrons. The third-order valence-electron chi connectivity index (χ3n) is 4.31. The van der Waals surface area contributed by atoms with Crippen LogP contribution in [0.25, 0.3) is 0 Å². The van der Waals surface area contributed by atoms with Crippen LogP contribution in [0.2, 0.25) is 0 Å². The number of aliphatic carboxylic acids is 1. The molecule has 0 aromatic heterocycles. The van der Waals surface area contributed by atoms with Crippen LogP contribution in [-0.2, 0) is 10.2 Å². The highest BCUT2D eigenvalue weighted by molar-refractivity contribution is 5.83. The third-order valence-corrected chi connectivity index (χ3v) is 4.31. The monoisotopic (exact) mass is 278 g/mol. The van der Waals surface area contributed by atoms with E-state index in [1.54, 1.807) is 14.2 Å². The molecule has 1 aliphatic carbocycles. The number of carboxylic acids is 1. The summed E-state index contributed by atoms with van der Waals surface area (Å²) >= 11 is 0. The molecule has 1 aromatic carbocycles. The van der Waals surface area contributed by atoms with E-state index >= 15 is 0 Å². The van der Waals surface area contributed by atoms with Crippen molar-refractivity contribution in [3.05, 3.63) is 23.3 Å². The Bertz CT molecular complexity index is 515. The van der Waals surface area contributed by atoms with Crippen molar-refractivity contribution in [3.63, 3.8) is 0 Å². The Kier molecular flexibility index (Phi) is 3.93. The van der Waals surface area contributed by atoms with Gasteiger partial charge in [-0.1, -0.05) is 20.3 Å². The highest BCUT2D eigenvalue weighted by Crippen LogP contribution is 2.49. The van der Waals surface area contributed by atoms with E-state index in [4.69, 9.17) is 9.47 Å². The average molecular weight is 278 g/mol. The van der Waals surface area contributed by atoms with E-state index in [0.29, 0.717) is 24.3 Å². The van der Waals surface area contributed by atoms with Crippen molar-refractivity contribution >= 4 is 5.97 Å². The fourth-order valence-electron chi connectivity index (χ4n) is 2.92. The van der Waals surface area contributed by atoms with Crippen LogP contribution < -0.4 is 9.47 Å². The van der Waals surface area contributed by atoms with Gasteiger partial charge in [-0.3, -0.25) is 4.79 Å². The second kappa shape index (κ2) is 5.35. The van der Waals surface area contributed by atoms with Crippen LogP contribution in [0.5, 0.6) is 11.5 Å². The summed E-state index contributed by atoms with van der Waals surface area (Å²) in [5, 5.41) is 9.66. The molecule has 0 bridgehead atoms. The molecule has 1 aromatic rings. The molecule has 1 fully saturated rings. The molecule has 4 nitrogen and oxygen atoms in total. The van der Waals surface area contributed by atoms with Gasteiger partial charge in [-0.25, -0.2) is 0 Å². The number of methoxy groups -OCH3 is 2. The number of hydrogen-bond acceptors (Lipinski definition) is 3. The Labute approximate surface area is 119 Å². The fraction of sp³-hybridized carbons (Fsp3) is 0.562. The quantitative estimate of drug-likeness (QED) is 0.897. The molecule has 110 valence electrons. The van der Waals surface area contributed by atoms with Crippen molar-refractivity contribution in [2.45, 2.75) is 44.4 Å². The molecule has 0 amide bonds. The molecule has 1 saturated carbocycles. The number of carboxylic acid groups (broad SMARTS) is 1. The van der Waals surface area contributed by atoms with E-state index in [1.165, 1.54) is 0 Å². The first-order valence-corrected chi connectivity index (χ1v) is 6.96. The second-order valence-corrected chi connectivity index (χ2v) is 5.69. The van der Waals surface area contributed by atoms with E-state index in [2.05, 4.69) is 13.8 Å². The number of rotatable bonds is 5. The van der Waals surface area contributed by atoms with Gasteiger partial charge in [0.2, 0.25) is 0 Å². The van der Waals surface area contributed by atoms with Gasteiger partial charge in [0.25, 0.3) is 0 Å². The van der Waals surface area contributed by atoms with Crippen molar-refractivity contribution in [3.8, 4) is 11.5 Å². The van der Waals surface area contributed by atoms with Crippen LogP contribution in [-0.4, -0.2) is 25.3 Å². The van der Waals surface area contributed by atoms with Gasteiger partial charge in [-0.2, -0.15) is 0 Å². The smallest absolute Gasteiger partial charge is 0.314 e. The minimum Gasteiger partial charge on any atom is -0.493 e. The first kappa shape index (κ1) is 14.7. The highest BCUT2D eigenvalue weighted by atomic mass is 16.5. The summed E-state index contributed by atoms with van der Waals surface area (Å²) in [5.41, 5.74) is 1.16. The average Bonchev–Trinajstić information content (AvgIpc) is 2.35. The predicted octanol–water partition coefficient (Wildman–Crippen LogP) is 3.33. The first-order valence-electron chi connectivity index (χ1n) is 6.96. The number of benzene rings is 1. The topological polar surface area (TPSA) is 55.8 Å². The second-order valence-electron chi connectivity index (χ2n) is 5.69. The Hall–Kier alpha value is -1.71. The van der Waals surface area contributed by atoms with Gasteiger partial charge in [-0.05, 0) is 42.0 Å². The summed E-state index contributed by atoms with van der Waals surface area (Å²) in [5.74, 6) is 0.749. The molecule has 0 saturated heterocycles. The van der Waals surface area contributed by atoms with Crippen molar-refractivity contribution in [1.29, 1.82) is 0 Å². The molecule has 0 spiro atoms. The van der Waals surface area contributed by atoms with Crippen LogP contribution in [0.1, 0.15) is 50.2 Å². The zero-order valence-electron chi connectivity index (χ0n) is 12.5. The lowest BCUT2D eigenvalue weighted by molar-refractivity contribution is -0.147. The lowest BCUT2D eigenvalue weighted by Crippen LogP contribution is -2.43. The van der Waals surface area contributed by atoms with Crippen LogP contribution >= 0.6 is 0 Å². The SMILES string of the molecule is COc1cc(C(C)C)c(C2(C(=O)O)CCC2)cc1OC. The summed E-state index contributed by atoms with van der Waals surface area (Å²) < 4.78 is 10.7. The van der Waals surface area contributed by atoms with Crippen LogP contribution in [0, 0.1) is 0 Å². The lowest BCUT2D eigenvalue weighted by Gasteiger charge is -2.40. The van der Waals surface area contributed by atoms with Gasteiger partial charge in [0.15, 0.2) is 11.5 Å². The minimum absolute atomic E-state index is 0.238. The van der Waals surface area contributed by atoms with Crippen LogP contribution in [0.4, 0.5) is 0 Å². The normalized spacial score (nSPS) is 16.6. The van der Waals surface area contributed by atoms with E-state index < -0.39 is 11.4 Å². The van der Waals surface area contributed by atoms with Gasteiger partial charge in [-0.15, -0.1) is 0 Å². The van der Waals surface area contributed by atoms with E-state index in [9.17, 15) is 9.90 Å². The van der Waals surface area contributed by atoms with Gasteiger partial charge < -0.3 is 14.6 Å². The predicted molar refractivity (Wildman–Crippen MR) is 76.8 cm³/mol. The molecule has 2 rings (SSSR count). The standard InChI is InChI=1S/C16H22O4/c1-10(2)11-8-13(19-3)14(20-4)9-12(11)16(15(17)18)6-5-7-16/h8-10H,5-7H2,1-4H3,(H,17,18). The summed E-state index contributed by atoms with van der Waals surface area (Å²) in [6, 6.07) is 3.77. The fourth-order valence-corrected chi connectivity index (χ4v) is 2.92. The molecule has 1 aliphatic rings. The molecule has 0 heterocycles. The Morgan fingerprint density at radius 2 is 1.75 bits per heavy atom. The van der Waals surface area contributed by atoms with Crippen molar-refractivity contribution in [2.24, 2.45) is 0 Å². The maximum absolute atomic E-state index is 11.8. The molecule has 0 unspecified atom stereocenters. The summed E-state index contributed by atoms with van der Waals surface area (Å²) in [7, 11) is 3.17. The minimum atomic E-state index is -0.751. The molecule has 0 aliphatic heterocycles. The number of hydrogen-bond donors (Lipinski definition) is 1. The summed E-state index contributed by atoms with van der Waals surface area (Å²) in [4.78, 5) is 11.8. The maximum Gasteiger partial charge on any atom is 0.314 e. The van der Waals surface area contributed by atoms with Gasteiger partial charge >= 0.3 is 5.97 Å². The maximum atomic E-state index is 11.8.